The minimum Gasteiger partial charge on any atom is -0.461 e. The summed E-state index contributed by atoms with van der Waals surface area (Å²) >= 11 is 1.51. The molecule has 8 heteroatoms. The van der Waals surface area contributed by atoms with E-state index in [-0.39, 0.29) is 17.0 Å². The molecule has 0 aromatic carbocycles. The van der Waals surface area contributed by atoms with Crippen molar-refractivity contribution in [2.75, 3.05) is 5.32 Å². The molecule has 7 nitrogen and oxygen atoms in total. The van der Waals surface area contributed by atoms with Crippen LogP contribution >= 0.6 is 11.3 Å². The SMILES string of the molecule is O=C(Nc1nnc(C23CC4CC(CC(C4)C2)C3)s1)c1ncoc1-c1ccco1. The van der Waals surface area contributed by atoms with Gasteiger partial charge < -0.3 is 8.83 Å². The number of carbonyl (C=O) groups is 1. The Hall–Kier alpha value is -2.48. The van der Waals surface area contributed by atoms with Gasteiger partial charge in [-0.05, 0) is 68.4 Å². The maximum atomic E-state index is 12.7. The molecule has 4 aliphatic rings. The van der Waals surface area contributed by atoms with Crippen LogP contribution in [0, 0.1) is 17.8 Å². The maximum Gasteiger partial charge on any atom is 0.280 e. The number of nitrogens with zero attached hydrogens (tertiary/aromatic N) is 3. The van der Waals surface area contributed by atoms with Crippen molar-refractivity contribution in [3.63, 3.8) is 0 Å². The summed E-state index contributed by atoms with van der Waals surface area (Å²) in [4.78, 5) is 16.8. The Labute approximate surface area is 165 Å². The first-order chi connectivity index (χ1) is 13.7. The van der Waals surface area contributed by atoms with Crippen molar-refractivity contribution >= 4 is 22.4 Å². The zero-order valence-electron chi connectivity index (χ0n) is 15.3. The smallest absolute Gasteiger partial charge is 0.280 e. The van der Waals surface area contributed by atoms with Gasteiger partial charge in [-0.1, -0.05) is 11.3 Å². The number of hydrogen-bond acceptors (Lipinski definition) is 7. The second-order valence-corrected chi connectivity index (χ2v) is 9.55. The summed E-state index contributed by atoms with van der Waals surface area (Å²) < 4.78 is 10.7. The van der Waals surface area contributed by atoms with E-state index in [1.807, 2.05) is 0 Å². The van der Waals surface area contributed by atoms with Gasteiger partial charge in [-0.25, -0.2) is 4.98 Å². The fourth-order valence-electron chi connectivity index (χ4n) is 6.01. The molecule has 0 aliphatic heterocycles. The third-order valence-corrected chi connectivity index (χ3v) is 7.75. The molecule has 0 unspecified atom stereocenters. The molecule has 3 heterocycles. The first kappa shape index (κ1) is 16.5. The molecule has 0 atom stereocenters. The number of hydrogen-bond donors (Lipinski definition) is 1. The number of anilines is 1. The number of aromatic nitrogens is 3. The average molecular weight is 396 g/mol. The Bertz CT molecular complexity index is 987. The Morgan fingerprint density at radius 2 is 1.86 bits per heavy atom. The van der Waals surface area contributed by atoms with E-state index in [9.17, 15) is 4.79 Å². The van der Waals surface area contributed by atoms with Gasteiger partial charge in [0, 0.05) is 5.41 Å². The Morgan fingerprint density at radius 1 is 1.11 bits per heavy atom. The zero-order valence-corrected chi connectivity index (χ0v) is 16.1. The number of nitrogens with one attached hydrogen (secondary N) is 1. The largest absolute Gasteiger partial charge is 0.461 e. The second-order valence-electron chi connectivity index (χ2n) is 8.57. The summed E-state index contributed by atoms with van der Waals surface area (Å²) in [5.74, 6) is 2.95. The van der Waals surface area contributed by atoms with E-state index in [2.05, 4.69) is 20.5 Å². The second kappa shape index (κ2) is 6.01. The number of carbonyl (C=O) groups excluding carboxylic acids is 1. The highest BCUT2D eigenvalue weighted by atomic mass is 32.1. The van der Waals surface area contributed by atoms with Crippen molar-refractivity contribution < 1.29 is 13.6 Å². The van der Waals surface area contributed by atoms with Crippen molar-refractivity contribution in [1.82, 2.24) is 15.2 Å². The van der Waals surface area contributed by atoms with Crippen LogP contribution in [-0.2, 0) is 5.41 Å². The van der Waals surface area contributed by atoms with E-state index >= 15 is 0 Å². The van der Waals surface area contributed by atoms with Crippen LogP contribution in [0.25, 0.3) is 11.5 Å². The van der Waals surface area contributed by atoms with Gasteiger partial charge in [-0.15, -0.1) is 10.2 Å². The van der Waals surface area contributed by atoms with E-state index in [1.54, 1.807) is 12.1 Å². The van der Waals surface area contributed by atoms with Crippen LogP contribution in [0.2, 0.25) is 0 Å². The zero-order chi connectivity index (χ0) is 18.7. The lowest BCUT2D eigenvalue weighted by molar-refractivity contribution is -0.00555. The summed E-state index contributed by atoms with van der Waals surface area (Å²) in [6.45, 7) is 0. The molecule has 3 aromatic heterocycles. The minimum absolute atomic E-state index is 0.182. The van der Waals surface area contributed by atoms with Crippen LogP contribution in [-0.4, -0.2) is 21.1 Å². The van der Waals surface area contributed by atoms with Gasteiger partial charge in [0.05, 0.1) is 6.26 Å². The molecule has 3 aromatic rings. The number of furan rings is 1. The normalized spacial score (nSPS) is 30.6. The molecule has 4 aliphatic carbocycles. The molecule has 0 saturated heterocycles. The van der Waals surface area contributed by atoms with Crippen molar-refractivity contribution in [2.24, 2.45) is 17.8 Å². The highest BCUT2D eigenvalue weighted by Crippen LogP contribution is 2.61. The van der Waals surface area contributed by atoms with E-state index in [0.717, 1.165) is 22.8 Å². The molecule has 28 heavy (non-hydrogen) atoms. The molecular formula is C20H20N4O3S. The van der Waals surface area contributed by atoms with Crippen LogP contribution in [0.4, 0.5) is 5.13 Å². The van der Waals surface area contributed by atoms with Gasteiger partial charge in [-0.3, -0.25) is 10.1 Å². The summed E-state index contributed by atoms with van der Waals surface area (Å²) in [6.07, 6.45) is 10.6. The minimum atomic E-state index is -0.367. The quantitative estimate of drug-likeness (QED) is 0.697. The van der Waals surface area contributed by atoms with Gasteiger partial charge in [0.25, 0.3) is 5.91 Å². The molecule has 1 N–H and O–H groups in total. The number of oxazole rings is 1. The summed E-state index contributed by atoms with van der Waals surface area (Å²) in [5, 5.41) is 13.2. The lowest BCUT2D eigenvalue weighted by Crippen LogP contribution is -2.48. The first-order valence-corrected chi connectivity index (χ1v) is 10.6. The van der Waals surface area contributed by atoms with Gasteiger partial charge in [0.15, 0.2) is 17.8 Å². The third kappa shape index (κ3) is 2.54. The van der Waals surface area contributed by atoms with Crippen molar-refractivity contribution in [3.05, 3.63) is 35.5 Å². The maximum absolute atomic E-state index is 12.7. The fourth-order valence-corrected chi connectivity index (χ4v) is 6.96. The molecule has 4 fully saturated rings. The van der Waals surface area contributed by atoms with Crippen LogP contribution < -0.4 is 5.32 Å². The van der Waals surface area contributed by atoms with Crippen molar-refractivity contribution in [3.8, 4) is 11.5 Å². The van der Waals surface area contributed by atoms with Gasteiger partial charge in [-0.2, -0.15) is 0 Å². The molecule has 4 bridgehead atoms. The van der Waals surface area contributed by atoms with E-state index < -0.39 is 0 Å². The summed E-state index contributed by atoms with van der Waals surface area (Å²) in [7, 11) is 0. The third-order valence-electron chi connectivity index (χ3n) is 6.66. The molecule has 4 saturated carbocycles. The van der Waals surface area contributed by atoms with Gasteiger partial charge in [0.1, 0.15) is 5.01 Å². The lowest BCUT2D eigenvalue weighted by Gasteiger charge is -2.55. The average Bonchev–Trinajstić information content (AvgIpc) is 3.41. The van der Waals surface area contributed by atoms with E-state index in [1.165, 1.54) is 62.5 Å². The van der Waals surface area contributed by atoms with Crippen LogP contribution in [0.15, 0.2) is 33.6 Å². The van der Waals surface area contributed by atoms with Crippen LogP contribution in [0.1, 0.15) is 54.0 Å². The van der Waals surface area contributed by atoms with Crippen molar-refractivity contribution in [2.45, 2.75) is 43.9 Å². The van der Waals surface area contributed by atoms with Crippen LogP contribution in [0.5, 0.6) is 0 Å². The molecule has 1 amide bonds. The van der Waals surface area contributed by atoms with Gasteiger partial charge in [0.2, 0.25) is 10.9 Å². The predicted molar refractivity (Wildman–Crippen MR) is 102 cm³/mol. The Balaban J connectivity index is 1.24. The predicted octanol–water partition coefficient (Wildman–Crippen LogP) is 4.51. The van der Waals surface area contributed by atoms with Gasteiger partial charge >= 0.3 is 0 Å². The summed E-state index contributed by atoms with van der Waals surface area (Å²) in [6, 6.07) is 3.47. The Morgan fingerprint density at radius 3 is 2.54 bits per heavy atom. The van der Waals surface area contributed by atoms with E-state index in [0.29, 0.717) is 16.7 Å². The standard InChI is InChI=1S/C20H20N4O3S/c25-17(15-16(27-10-21-15)14-2-1-3-26-14)22-19-24-23-18(28-19)20-7-11-4-12(8-20)6-13(5-11)9-20/h1-3,10-13H,4-9H2,(H,22,24,25). The Kier molecular flexibility index (Phi) is 3.53. The molecule has 0 spiro atoms. The highest BCUT2D eigenvalue weighted by molar-refractivity contribution is 7.15. The highest BCUT2D eigenvalue weighted by Gasteiger charge is 2.53. The monoisotopic (exact) mass is 396 g/mol. The lowest BCUT2D eigenvalue weighted by atomic mass is 9.50. The molecule has 144 valence electrons. The number of amides is 1. The van der Waals surface area contributed by atoms with Crippen molar-refractivity contribution in [1.29, 1.82) is 0 Å². The molecular weight excluding hydrogens is 376 g/mol. The van der Waals surface area contributed by atoms with Crippen LogP contribution in [0.3, 0.4) is 0 Å². The molecule has 7 rings (SSSR count). The molecule has 0 radical (unpaired) electrons. The van der Waals surface area contributed by atoms with E-state index in [4.69, 9.17) is 8.83 Å². The topological polar surface area (TPSA) is 94.1 Å². The first-order valence-electron chi connectivity index (χ1n) is 9.81. The fraction of sp³-hybridized carbons (Fsp3) is 0.500. The number of rotatable bonds is 4. The summed E-state index contributed by atoms with van der Waals surface area (Å²) in [5.41, 5.74) is 0.365.